The lowest BCUT2D eigenvalue weighted by atomic mass is 9.93. The molecule has 0 bridgehead atoms. The number of alkyl halides is 3. The van der Waals surface area contributed by atoms with Crippen LogP contribution >= 0.6 is 0 Å². The Labute approximate surface area is 121 Å². The molecule has 0 radical (unpaired) electrons. The number of anilines is 2. The van der Waals surface area contributed by atoms with Crippen molar-refractivity contribution in [3.63, 3.8) is 0 Å². The summed E-state index contributed by atoms with van der Waals surface area (Å²) < 4.78 is 38.4. The molecule has 0 saturated heterocycles. The highest BCUT2D eigenvalue weighted by Gasteiger charge is 2.35. The van der Waals surface area contributed by atoms with E-state index in [9.17, 15) is 18.3 Å². The lowest BCUT2D eigenvalue weighted by molar-refractivity contribution is -0.144. The highest BCUT2D eigenvalue weighted by Crippen LogP contribution is 2.29. The van der Waals surface area contributed by atoms with Crippen LogP contribution in [0.15, 0.2) is 6.07 Å². The number of nitrogens with one attached hydrogen (secondary N) is 2. The number of nitrogens with zero attached hydrogens (tertiary/aromatic N) is 2. The van der Waals surface area contributed by atoms with Gasteiger partial charge in [0.25, 0.3) is 0 Å². The molecule has 2 rings (SSSR count). The molecule has 1 fully saturated rings. The van der Waals surface area contributed by atoms with Gasteiger partial charge in [-0.2, -0.15) is 13.2 Å². The number of hydrogen-bond acceptors (Lipinski definition) is 5. The van der Waals surface area contributed by atoms with Crippen molar-refractivity contribution in [3.8, 4) is 0 Å². The van der Waals surface area contributed by atoms with Crippen LogP contribution in [0.1, 0.15) is 38.4 Å². The maximum atomic E-state index is 12.8. The third-order valence-corrected chi connectivity index (χ3v) is 3.39. The molecule has 1 aromatic heterocycles. The molecule has 8 heteroatoms. The van der Waals surface area contributed by atoms with Crippen LogP contribution in [-0.4, -0.2) is 33.8 Å². The van der Waals surface area contributed by atoms with Gasteiger partial charge in [0.2, 0.25) is 5.82 Å². The van der Waals surface area contributed by atoms with Crippen molar-refractivity contribution in [2.24, 2.45) is 0 Å². The SMILES string of the molecule is CCNc1cc(NC2CCC(O)CC2)nc(C(F)(F)F)n1. The second-order valence-corrected chi connectivity index (χ2v) is 5.14. The van der Waals surface area contributed by atoms with Gasteiger partial charge in [-0.15, -0.1) is 0 Å². The summed E-state index contributed by atoms with van der Waals surface area (Å²) >= 11 is 0. The lowest BCUT2D eigenvalue weighted by Gasteiger charge is -2.26. The summed E-state index contributed by atoms with van der Waals surface area (Å²) in [5, 5.41) is 15.2. The van der Waals surface area contributed by atoms with Gasteiger partial charge < -0.3 is 15.7 Å². The van der Waals surface area contributed by atoms with E-state index in [1.165, 1.54) is 6.07 Å². The van der Waals surface area contributed by atoms with Gasteiger partial charge in [-0.1, -0.05) is 0 Å². The van der Waals surface area contributed by atoms with Crippen LogP contribution in [0.25, 0.3) is 0 Å². The van der Waals surface area contributed by atoms with Crippen LogP contribution in [0.5, 0.6) is 0 Å². The van der Waals surface area contributed by atoms with Gasteiger partial charge >= 0.3 is 6.18 Å². The van der Waals surface area contributed by atoms with Gasteiger partial charge in [0.05, 0.1) is 6.10 Å². The maximum Gasteiger partial charge on any atom is 0.451 e. The van der Waals surface area contributed by atoms with E-state index in [1.54, 1.807) is 6.92 Å². The van der Waals surface area contributed by atoms with Crippen LogP contribution in [0.2, 0.25) is 0 Å². The molecule has 1 aromatic rings. The Balaban J connectivity index is 2.15. The van der Waals surface area contributed by atoms with Gasteiger partial charge in [0.15, 0.2) is 0 Å². The Morgan fingerprint density at radius 2 is 1.81 bits per heavy atom. The molecule has 0 aliphatic heterocycles. The van der Waals surface area contributed by atoms with E-state index in [0.29, 0.717) is 32.2 Å². The van der Waals surface area contributed by atoms with Crippen LogP contribution in [0, 0.1) is 0 Å². The Morgan fingerprint density at radius 3 is 2.38 bits per heavy atom. The average Bonchev–Trinajstić information content (AvgIpc) is 2.41. The Kier molecular flexibility index (Phi) is 4.87. The average molecular weight is 304 g/mol. The molecule has 0 aromatic carbocycles. The monoisotopic (exact) mass is 304 g/mol. The van der Waals surface area contributed by atoms with Crippen LogP contribution < -0.4 is 10.6 Å². The van der Waals surface area contributed by atoms with Crippen LogP contribution in [0.3, 0.4) is 0 Å². The van der Waals surface area contributed by atoms with Gasteiger partial charge in [-0.05, 0) is 32.6 Å². The normalized spacial score (nSPS) is 22.9. The fraction of sp³-hybridized carbons (Fsp3) is 0.692. The van der Waals surface area contributed by atoms with E-state index in [0.717, 1.165) is 0 Å². The number of aliphatic hydroxyl groups is 1. The van der Waals surface area contributed by atoms with Gasteiger partial charge in [0, 0.05) is 18.7 Å². The first-order valence-electron chi connectivity index (χ1n) is 7.03. The van der Waals surface area contributed by atoms with Gasteiger partial charge in [-0.25, -0.2) is 9.97 Å². The molecule has 1 aliphatic carbocycles. The molecule has 0 amide bonds. The quantitative estimate of drug-likeness (QED) is 0.798. The van der Waals surface area contributed by atoms with E-state index >= 15 is 0 Å². The summed E-state index contributed by atoms with van der Waals surface area (Å²) in [6.07, 6.45) is -2.17. The van der Waals surface area contributed by atoms with E-state index in [2.05, 4.69) is 20.6 Å². The molecule has 0 atom stereocenters. The maximum absolute atomic E-state index is 12.8. The van der Waals surface area contributed by atoms with Crippen LogP contribution in [0.4, 0.5) is 24.8 Å². The lowest BCUT2D eigenvalue weighted by Crippen LogP contribution is -2.29. The molecule has 118 valence electrons. The van der Waals surface area contributed by atoms with Crippen molar-refractivity contribution >= 4 is 11.6 Å². The minimum atomic E-state index is -4.58. The third-order valence-electron chi connectivity index (χ3n) is 3.39. The fourth-order valence-corrected chi connectivity index (χ4v) is 2.35. The zero-order chi connectivity index (χ0) is 15.5. The largest absolute Gasteiger partial charge is 0.451 e. The van der Waals surface area contributed by atoms with Crippen molar-refractivity contribution in [2.75, 3.05) is 17.2 Å². The topological polar surface area (TPSA) is 70.1 Å². The number of halogens is 3. The second kappa shape index (κ2) is 6.46. The molecular weight excluding hydrogens is 285 g/mol. The molecule has 1 heterocycles. The summed E-state index contributed by atoms with van der Waals surface area (Å²) in [6.45, 7) is 2.26. The number of aromatic nitrogens is 2. The van der Waals surface area contributed by atoms with E-state index in [-0.39, 0.29) is 23.8 Å². The standard InChI is InChI=1S/C13H19F3N4O/c1-2-17-10-7-11(20-12(19-10)13(14,15)16)18-8-3-5-9(21)6-4-8/h7-9,21H,2-6H2,1H3,(H2,17,18,19,20). The first-order chi connectivity index (χ1) is 9.88. The molecule has 1 aliphatic rings. The van der Waals surface area contributed by atoms with E-state index < -0.39 is 12.0 Å². The molecule has 3 N–H and O–H groups in total. The summed E-state index contributed by atoms with van der Waals surface area (Å²) in [5.41, 5.74) is 0. The van der Waals surface area contributed by atoms with Crippen molar-refractivity contribution in [1.82, 2.24) is 9.97 Å². The van der Waals surface area contributed by atoms with Crippen molar-refractivity contribution in [3.05, 3.63) is 11.9 Å². The molecule has 5 nitrogen and oxygen atoms in total. The number of hydrogen-bond donors (Lipinski definition) is 3. The first-order valence-corrected chi connectivity index (χ1v) is 7.03. The summed E-state index contributed by atoms with van der Waals surface area (Å²) in [4.78, 5) is 7.02. The predicted octanol–water partition coefficient (Wildman–Crippen LogP) is 2.64. The molecular formula is C13H19F3N4O. The Bertz CT molecular complexity index is 473. The number of rotatable bonds is 4. The molecule has 0 unspecified atom stereocenters. The van der Waals surface area contributed by atoms with Gasteiger partial charge in [0.1, 0.15) is 11.6 Å². The highest BCUT2D eigenvalue weighted by molar-refractivity contribution is 5.48. The summed E-state index contributed by atoms with van der Waals surface area (Å²) in [6, 6.07) is 1.50. The highest BCUT2D eigenvalue weighted by atomic mass is 19.4. The van der Waals surface area contributed by atoms with Crippen molar-refractivity contribution < 1.29 is 18.3 Å². The number of aliphatic hydroxyl groups excluding tert-OH is 1. The van der Waals surface area contributed by atoms with E-state index in [4.69, 9.17) is 0 Å². The van der Waals surface area contributed by atoms with Crippen molar-refractivity contribution in [2.45, 2.75) is 50.9 Å². The summed E-state index contributed by atoms with van der Waals surface area (Å²) in [7, 11) is 0. The minimum absolute atomic E-state index is 0.0267. The zero-order valence-electron chi connectivity index (χ0n) is 11.7. The third kappa shape index (κ3) is 4.45. The van der Waals surface area contributed by atoms with E-state index in [1.807, 2.05) is 0 Å². The minimum Gasteiger partial charge on any atom is -0.393 e. The first kappa shape index (κ1) is 15.8. The van der Waals surface area contributed by atoms with Crippen molar-refractivity contribution in [1.29, 1.82) is 0 Å². The zero-order valence-corrected chi connectivity index (χ0v) is 11.7. The smallest absolute Gasteiger partial charge is 0.393 e. The van der Waals surface area contributed by atoms with Gasteiger partial charge in [-0.3, -0.25) is 0 Å². The Morgan fingerprint density at radius 1 is 1.19 bits per heavy atom. The second-order valence-electron chi connectivity index (χ2n) is 5.14. The Hall–Kier alpha value is -1.57. The molecule has 21 heavy (non-hydrogen) atoms. The summed E-state index contributed by atoms with van der Waals surface area (Å²) in [5.74, 6) is -0.841. The molecule has 0 spiro atoms. The fourth-order valence-electron chi connectivity index (χ4n) is 2.35. The molecule has 1 saturated carbocycles. The predicted molar refractivity (Wildman–Crippen MR) is 73.1 cm³/mol. The van der Waals surface area contributed by atoms with Crippen LogP contribution in [-0.2, 0) is 6.18 Å².